The molecule has 4 aromatic rings. The standard InChI is InChI=1S/C24H20ClFN6O2/c25-17-4-3-16(11-18(17)26)20(13-33)32-10-7-15(12-22(32)34)19-5-8-28-24(29-19)31-21-6-9-27-23(30-21)14-1-2-14/h3-12,14,20,33H,1-2,13H2,(H,27,28,29,30,31). The molecular weight excluding hydrogens is 459 g/mol. The molecule has 0 radical (unpaired) electrons. The van der Waals surface area contributed by atoms with Crippen LogP contribution in [0.15, 0.2) is 65.8 Å². The zero-order chi connectivity index (χ0) is 23.7. The summed E-state index contributed by atoms with van der Waals surface area (Å²) in [4.78, 5) is 30.4. The van der Waals surface area contributed by atoms with E-state index in [1.54, 1.807) is 42.9 Å². The van der Waals surface area contributed by atoms with E-state index >= 15 is 0 Å². The zero-order valence-electron chi connectivity index (χ0n) is 17.9. The number of hydrogen-bond donors (Lipinski definition) is 2. The second-order valence-corrected chi connectivity index (χ2v) is 8.40. The Morgan fingerprint density at radius 3 is 2.68 bits per heavy atom. The number of nitrogens with one attached hydrogen (secondary N) is 1. The van der Waals surface area contributed by atoms with Crippen molar-refractivity contribution in [1.29, 1.82) is 0 Å². The van der Waals surface area contributed by atoms with Crippen molar-refractivity contribution in [2.45, 2.75) is 24.8 Å². The van der Waals surface area contributed by atoms with Gasteiger partial charge in [0.2, 0.25) is 5.95 Å². The fraction of sp³-hybridized carbons (Fsp3) is 0.208. The first kappa shape index (κ1) is 22.1. The van der Waals surface area contributed by atoms with Crippen LogP contribution in [0.3, 0.4) is 0 Å². The second kappa shape index (κ2) is 9.28. The summed E-state index contributed by atoms with van der Waals surface area (Å²) >= 11 is 5.75. The van der Waals surface area contributed by atoms with Crippen LogP contribution in [0.2, 0.25) is 5.02 Å². The van der Waals surface area contributed by atoms with Gasteiger partial charge in [0.05, 0.1) is 23.4 Å². The van der Waals surface area contributed by atoms with Gasteiger partial charge in [-0.15, -0.1) is 0 Å². The molecule has 8 nitrogen and oxygen atoms in total. The molecule has 172 valence electrons. The monoisotopic (exact) mass is 478 g/mol. The summed E-state index contributed by atoms with van der Waals surface area (Å²) in [5.74, 6) is 1.56. The van der Waals surface area contributed by atoms with Crippen molar-refractivity contribution in [3.63, 3.8) is 0 Å². The molecule has 3 aromatic heterocycles. The molecule has 3 heterocycles. The molecule has 1 fully saturated rings. The third kappa shape index (κ3) is 4.66. The lowest BCUT2D eigenvalue weighted by Crippen LogP contribution is -2.27. The summed E-state index contributed by atoms with van der Waals surface area (Å²) in [6.45, 7) is -0.385. The van der Waals surface area contributed by atoms with Crippen LogP contribution >= 0.6 is 11.6 Å². The molecule has 5 rings (SSSR count). The van der Waals surface area contributed by atoms with Crippen LogP contribution in [0, 0.1) is 5.82 Å². The highest BCUT2D eigenvalue weighted by atomic mass is 35.5. The minimum absolute atomic E-state index is 0.0259. The van der Waals surface area contributed by atoms with Crippen molar-refractivity contribution in [2.24, 2.45) is 0 Å². The van der Waals surface area contributed by atoms with Gasteiger partial charge in [-0.3, -0.25) is 4.79 Å². The molecule has 1 aromatic carbocycles. The Hall–Kier alpha value is -3.69. The van der Waals surface area contributed by atoms with Gasteiger partial charge in [-0.25, -0.2) is 24.3 Å². The summed E-state index contributed by atoms with van der Waals surface area (Å²) < 4.78 is 15.2. The predicted molar refractivity (Wildman–Crippen MR) is 126 cm³/mol. The summed E-state index contributed by atoms with van der Waals surface area (Å²) in [6, 6.07) is 10.00. The zero-order valence-corrected chi connectivity index (χ0v) is 18.7. The van der Waals surface area contributed by atoms with Crippen molar-refractivity contribution in [3.05, 3.63) is 93.6 Å². The van der Waals surface area contributed by atoms with Gasteiger partial charge in [-0.05, 0) is 48.7 Å². The molecule has 1 aliphatic rings. The van der Waals surface area contributed by atoms with Crippen LogP contribution in [0.1, 0.15) is 36.2 Å². The molecule has 1 saturated carbocycles. The maximum absolute atomic E-state index is 13.9. The number of benzene rings is 1. The second-order valence-electron chi connectivity index (χ2n) is 8.00. The molecule has 0 saturated heterocycles. The number of rotatable bonds is 7. The number of halogens is 2. The van der Waals surface area contributed by atoms with Gasteiger partial charge in [0.25, 0.3) is 5.56 Å². The highest BCUT2D eigenvalue weighted by Crippen LogP contribution is 2.38. The van der Waals surface area contributed by atoms with Crippen LogP contribution in [0.5, 0.6) is 0 Å². The number of aliphatic hydroxyl groups excluding tert-OH is 1. The number of anilines is 2. The number of aliphatic hydroxyl groups is 1. The molecule has 0 amide bonds. The van der Waals surface area contributed by atoms with Gasteiger partial charge in [0.15, 0.2) is 0 Å². The van der Waals surface area contributed by atoms with Gasteiger partial charge >= 0.3 is 0 Å². The lowest BCUT2D eigenvalue weighted by atomic mass is 10.1. The Morgan fingerprint density at radius 1 is 1.12 bits per heavy atom. The van der Waals surface area contributed by atoms with E-state index in [0.29, 0.717) is 34.5 Å². The van der Waals surface area contributed by atoms with E-state index in [-0.39, 0.29) is 17.2 Å². The van der Waals surface area contributed by atoms with E-state index < -0.39 is 11.9 Å². The Morgan fingerprint density at radius 2 is 1.94 bits per heavy atom. The van der Waals surface area contributed by atoms with Crippen LogP contribution < -0.4 is 10.9 Å². The van der Waals surface area contributed by atoms with Crippen LogP contribution in [0.25, 0.3) is 11.3 Å². The Balaban J connectivity index is 1.40. The predicted octanol–water partition coefficient (Wildman–Crippen LogP) is 4.09. The highest BCUT2D eigenvalue weighted by Gasteiger charge is 2.26. The SMILES string of the molecule is O=c1cc(-c2ccnc(Nc3ccnc(C4CC4)n3)n2)ccn1C(CO)c1ccc(Cl)c(F)c1. The van der Waals surface area contributed by atoms with E-state index in [4.69, 9.17) is 11.6 Å². The van der Waals surface area contributed by atoms with E-state index in [1.807, 2.05) is 0 Å². The van der Waals surface area contributed by atoms with Crippen LogP contribution in [-0.4, -0.2) is 36.2 Å². The molecule has 0 bridgehead atoms. The molecular formula is C24H20ClFN6O2. The molecule has 1 unspecified atom stereocenters. The number of hydrogen-bond acceptors (Lipinski definition) is 7. The van der Waals surface area contributed by atoms with Crippen LogP contribution in [-0.2, 0) is 0 Å². The average molecular weight is 479 g/mol. The summed E-state index contributed by atoms with van der Waals surface area (Å²) in [5.41, 5.74) is 1.18. The third-order valence-electron chi connectivity index (χ3n) is 5.59. The minimum atomic E-state index is -0.755. The molecule has 10 heteroatoms. The van der Waals surface area contributed by atoms with E-state index in [2.05, 4.69) is 25.3 Å². The normalized spacial score (nSPS) is 14.1. The largest absolute Gasteiger partial charge is 0.394 e. The molecule has 1 atom stereocenters. The maximum atomic E-state index is 13.9. The lowest BCUT2D eigenvalue weighted by Gasteiger charge is -2.18. The maximum Gasteiger partial charge on any atom is 0.251 e. The molecule has 0 spiro atoms. The van der Waals surface area contributed by atoms with Gasteiger partial charge in [-0.1, -0.05) is 17.7 Å². The number of nitrogens with zero attached hydrogens (tertiary/aromatic N) is 5. The summed E-state index contributed by atoms with van der Waals surface area (Å²) in [6.07, 6.45) is 7.05. The molecule has 34 heavy (non-hydrogen) atoms. The van der Waals surface area contributed by atoms with E-state index in [9.17, 15) is 14.3 Å². The van der Waals surface area contributed by atoms with Crippen LogP contribution in [0.4, 0.5) is 16.2 Å². The van der Waals surface area contributed by atoms with Gasteiger partial charge in [0, 0.05) is 36.1 Å². The average Bonchev–Trinajstić information content (AvgIpc) is 3.69. The van der Waals surface area contributed by atoms with Crippen molar-refractivity contribution in [3.8, 4) is 11.3 Å². The quantitative estimate of drug-likeness (QED) is 0.412. The first-order valence-electron chi connectivity index (χ1n) is 10.7. The smallest absolute Gasteiger partial charge is 0.251 e. The Kier molecular flexibility index (Phi) is 6.04. The van der Waals surface area contributed by atoms with Gasteiger partial charge < -0.3 is 15.0 Å². The Labute approximate surface area is 199 Å². The van der Waals surface area contributed by atoms with Crippen molar-refractivity contribution in [1.82, 2.24) is 24.5 Å². The fourth-order valence-corrected chi connectivity index (χ4v) is 3.77. The van der Waals surface area contributed by atoms with Gasteiger partial charge in [-0.2, -0.15) is 0 Å². The van der Waals surface area contributed by atoms with Crippen molar-refractivity contribution in [2.75, 3.05) is 11.9 Å². The first-order valence-corrected chi connectivity index (χ1v) is 11.1. The summed E-state index contributed by atoms with van der Waals surface area (Å²) in [5, 5.41) is 12.9. The van der Waals surface area contributed by atoms with Crippen molar-refractivity contribution >= 4 is 23.4 Å². The minimum Gasteiger partial charge on any atom is -0.394 e. The molecule has 2 N–H and O–H groups in total. The molecule has 0 aliphatic heterocycles. The van der Waals surface area contributed by atoms with E-state index in [0.717, 1.165) is 18.7 Å². The summed E-state index contributed by atoms with van der Waals surface area (Å²) in [7, 11) is 0. The number of pyridine rings is 1. The van der Waals surface area contributed by atoms with E-state index in [1.165, 1.54) is 22.8 Å². The highest BCUT2D eigenvalue weighted by molar-refractivity contribution is 6.30. The fourth-order valence-electron chi connectivity index (χ4n) is 3.66. The topological polar surface area (TPSA) is 106 Å². The van der Waals surface area contributed by atoms with Gasteiger partial charge in [0.1, 0.15) is 17.5 Å². The third-order valence-corrected chi connectivity index (χ3v) is 5.90. The molecule has 1 aliphatic carbocycles. The first-order chi connectivity index (χ1) is 16.5. The lowest BCUT2D eigenvalue weighted by molar-refractivity contribution is 0.247. The number of aromatic nitrogens is 5. The Bertz CT molecular complexity index is 1410. The van der Waals surface area contributed by atoms with Crippen molar-refractivity contribution < 1.29 is 9.50 Å².